The number of benzene rings is 2. The number of nitrogens with zero attached hydrogens (tertiary/aromatic N) is 1. The smallest absolute Gasteiger partial charge is 0.299 e. The molecule has 1 fully saturated rings. The van der Waals surface area contributed by atoms with Crippen LogP contribution in [-0.2, 0) is 34.7 Å². The molecule has 0 amide bonds. The molecule has 0 bridgehead atoms. The second-order valence-electron chi connectivity index (χ2n) is 7.82. The first-order valence-electron chi connectivity index (χ1n) is 9.86. The summed E-state index contributed by atoms with van der Waals surface area (Å²) in [5.41, 5.74) is -1.07. The van der Waals surface area contributed by atoms with E-state index in [2.05, 4.69) is 4.72 Å². The molecule has 2 aromatic rings. The fourth-order valence-electron chi connectivity index (χ4n) is 3.67. The molecule has 0 saturated carbocycles. The number of rotatable bonds is 6. The highest BCUT2D eigenvalue weighted by Crippen LogP contribution is 2.31. The summed E-state index contributed by atoms with van der Waals surface area (Å²) in [5, 5.41) is 0. The molecule has 176 valence electrons. The van der Waals surface area contributed by atoms with Crippen molar-refractivity contribution in [1.82, 2.24) is 9.62 Å². The maximum absolute atomic E-state index is 12.9. The van der Waals surface area contributed by atoms with Crippen LogP contribution in [0.4, 0.5) is 26.3 Å². The van der Waals surface area contributed by atoms with Gasteiger partial charge in [-0.3, -0.25) is 4.90 Å². The summed E-state index contributed by atoms with van der Waals surface area (Å²) >= 11 is 0. The van der Waals surface area contributed by atoms with Crippen LogP contribution in [0.25, 0.3) is 0 Å². The van der Waals surface area contributed by atoms with Gasteiger partial charge >= 0.3 is 12.4 Å². The van der Waals surface area contributed by atoms with Crippen molar-refractivity contribution >= 4 is 10.0 Å². The van der Waals surface area contributed by atoms with Crippen LogP contribution in [0.2, 0.25) is 0 Å². The molecule has 0 spiro atoms. The Bertz CT molecular complexity index is 1030. The highest BCUT2D eigenvalue weighted by atomic mass is 32.2. The minimum absolute atomic E-state index is 0.0364. The lowest BCUT2D eigenvalue weighted by atomic mass is 10.0. The lowest BCUT2D eigenvalue weighted by molar-refractivity contribution is -0.138. The van der Waals surface area contributed by atoms with E-state index in [0.717, 1.165) is 24.3 Å². The summed E-state index contributed by atoms with van der Waals surface area (Å²) in [6.07, 6.45) is -8.08. The first-order valence-corrected chi connectivity index (χ1v) is 11.5. The number of sulfonamides is 1. The van der Waals surface area contributed by atoms with E-state index in [1.54, 1.807) is 6.07 Å². The van der Waals surface area contributed by atoms with Crippen LogP contribution >= 0.6 is 0 Å². The van der Waals surface area contributed by atoms with E-state index in [0.29, 0.717) is 38.0 Å². The monoisotopic (exact) mass is 480 g/mol. The second kappa shape index (κ2) is 9.40. The molecule has 3 rings (SSSR count). The third-order valence-electron chi connectivity index (χ3n) is 5.21. The maximum Gasteiger partial charge on any atom is 0.416 e. The van der Waals surface area contributed by atoms with Gasteiger partial charge in [0.1, 0.15) is 0 Å². The Labute approximate surface area is 182 Å². The van der Waals surface area contributed by atoms with Gasteiger partial charge in [0.25, 0.3) is 0 Å². The van der Waals surface area contributed by atoms with E-state index in [1.807, 2.05) is 4.90 Å². The van der Waals surface area contributed by atoms with E-state index in [-0.39, 0.29) is 11.6 Å². The quantitative estimate of drug-likeness (QED) is 0.604. The van der Waals surface area contributed by atoms with E-state index in [9.17, 15) is 34.8 Å². The Kier molecular flexibility index (Phi) is 7.21. The lowest BCUT2D eigenvalue weighted by Gasteiger charge is -2.32. The zero-order valence-corrected chi connectivity index (χ0v) is 17.7. The summed E-state index contributed by atoms with van der Waals surface area (Å²) in [6.45, 7) is 1.27. The van der Waals surface area contributed by atoms with Crippen molar-refractivity contribution in [3.8, 4) is 0 Å². The van der Waals surface area contributed by atoms with Crippen LogP contribution in [0.15, 0.2) is 48.5 Å². The predicted octanol–water partition coefficient (Wildman–Crippen LogP) is 4.81. The van der Waals surface area contributed by atoms with E-state index in [1.165, 1.54) is 18.2 Å². The number of hydrogen-bond acceptors (Lipinski definition) is 3. The SMILES string of the molecule is O=S(=O)(Cc1cccc(C(F)(F)F)c1)NC1CCN(Cc2cccc(C(F)(F)F)c2)CC1. The first-order chi connectivity index (χ1) is 14.8. The Hall–Kier alpha value is -2.11. The normalized spacial score (nSPS) is 16.9. The molecule has 32 heavy (non-hydrogen) atoms. The van der Waals surface area contributed by atoms with Gasteiger partial charge in [-0.1, -0.05) is 36.4 Å². The molecule has 0 unspecified atom stereocenters. The highest BCUT2D eigenvalue weighted by Gasteiger charge is 2.32. The second-order valence-corrected chi connectivity index (χ2v) is 9.58. The van der Waals surface area contributed by atoms with Gasteiger partial charge in [-0.15, -0.1) is 0 Å². The van der Waals surface area contributed by atoms with Crippen LogP contribution in [0.5, 0.6) is 0 Å². The largest absolute Gasteiger partial charge is 0.416 e. The average Bonchev–Trinajstić information content (AvgIpc) is 2.68. The standard InChI is InChI=1S/C21H22F6N2O2S/c22-20(23,24)17-5-1-3-15(11-17)13-29-9-7-19(8-10-29)28-32(30,31)14-16-4-2-6-18(12-16)21(25,26)27/h1-6,11-12,19,28H,7-10,13-14H2. The third kappa shape index (κ3) is 6.94. The van der Waals surface area contributed by atoms with Crippen molar-refractivity contribution < 1.29 is 34.8 Å². The molecule has 1 heterocycles. The van der Waals surface area contributed by atoms with E-state index >= 15 is 0 Å². The van der Waals surface area contributed by atoms with Gasteiger partial charge in [0.15, 0.2) is 0 Å². The molecule has 0 radical (unpaired) electrons. The minimum atomic E-state index is -4.56. The fraction of sp³-hybridized carbons (Fsp3) is 0.429. The van der Waals surface area contributed by atoms with Crippen LogP contribution in [0.1, 0.15) is 35.1 Å². The molecule has 1 aliphatic heterocycles. The topological polar surface area (TPSA) is 49.4 Å². The minimum Gasteiger partial charge on any atom is -0.299 e. The van der Waals surface area contributed by atoms with Crippen molar-refractivity contribution in [2.24, 2.45) is 0 Å². The van der Waals surface area contributed by atoms with Crippen LogP contribution in [0, 0.1) is 0 Å². The van der Waals surface area contributed by atoms with Gasteiger partial charge in [-0.05, 0) is 36.1 Å². The number of hydrogen-bond donors (Lipinski definition) is 1. The molecule has 4 nitrogen and oxygen atoms in total. The molecule has 0 aromatic heterocycles. The molecule has 11 heteroatoms. The zero-order chi connectivity index (χ0) is 23.6. The number of nitrogens with one attached hydrogen (secondary N) is 1. The molecule has 1 aliphatic rings. The Morgan fingerprint density at radius 1 is 0.844 bits per heavy atom. The molecule has 1 saturated heterocycles. The highest BCUT2D eigenvalue weighted by molar-refractivity contribution is 7.88. The van der Waals surface area contributed by atoms with Crippen LogP contribution in [0.3, 0.4) is 0 Å². The van der Waals surface area contributed by atoms with E-state index in [4.69, 9.17) is 0 Å². The zero-order valence-electron chi connectivity index (χ0n) is 16.9. The Morgan fingerprint density at radius 3 is 1.88 bits per heavy atom. The average molecular weight is 480 g/mol. The van der Waals surface area contributed by atoms with Crippen molar-refractivity contribution in [2.75, 3.05) is 13.1 Å². The van der Waals surface area contributed by atoms with Gasteiger partial charge in [-0.2, -0.15) is 26.3 Å². The van der Waals surface area contributed by atoms with Crippen molar-refractivity contribution in [2.45, 2.75) is 43.5 Å². The van der Waals surface area contributed by atoms with Gasteiger partial charge < -0.3 is 0 Å². The van der Waals surface area contributed by atoms with Gasteiger partial charge in [0, 0.05) is 25.7 Å². The molecule has 1 N–H and O–H groups in total. The molecule has 2 aromatic carbocycles. The van der Waals surface area contributed by atoms with Crippen LogP contribution < -0.4 is 4.72 Å². The molecular formula is C21H22F6N2O2S. The van der Waals surface area contributed by atoms with E-state index < -0.39 is 39.3 Å². The Balaban J connectivity index is 1.53. The lowest BCUT2D eigenvalue weighted by Crippen LogP contribution is -2.44. The number of likely N-dealkylation sites (tertiary alicyclic amines) is 1. The number of alkyl halides is 6. The number of halogens is 6. The Morgan fingerprint density at radius 2 is 1.34 bits per heavy atom. The predicted molar refractivity (Wildman–Crippen MR) is 107 cm³/mol. The summed E-state index contributed by atoms with van der Waals surface area (Å²) in [6, 6.07) is 8.88. The first kappa shape index (κ1) is 24.5. The summed E-state index contributed by atoms with van der Waals surface area (Å²) in [4.78, 5) is 1.94. The van der Waals surface area contributed by atoms with Gasteiger partial charge in [0.2, 0.25) is 10.0 Å². The van der Waals surface area contributed by atoms with Crippen molar-refractivity contribution in [3.05, 3.63) is 70.8 Å². The summed E-state index contributed by atoms with van der Waals surface area (Å²) in [7, 11) is -3.86. The summed E-state index contributed by atoms with van der Waals surface area (Å²) < 4.78 is 104. The van der Waals surface area contributed by atoms with Gasteiger partial charge in [-0.25, -0.2) is 13.1 Å². The molecular weight excluding hydrogens is 458 g/mol. The fourth-order valence-corrected chi connectivity index (χ4v) is 5.11. The van der Waals surface area contributed by atoms with Gasteiger partial charge in [0.05, 0.1) is 16.9 Å². The summed E-state index contributed by atoms with van der Waals surface area (Å²) in [5.74, 6) is -0.568. The number of piperidine rings is 1. The molecule has 0 aliphatic carbocycles. The maximum atomic E-state index is 12.9. The van der Waals surface area contributed by atoms with Crippen LogP contribution in [-0.4, -0.2) is 32.4 Å². The molecule has 0 atom stereocenters. The van der Waals surface area contributed by atoms with Crippen molar-refractivity contribution in [3.63, 3.8) is 0 Å². The third-order valence-corrected chi connectivity index (χ3v) is 6.61. The van der Waals surface area contributed by atoms with Crippen molar-refractivity contribution in [1.29, 1.82) is 0 Å².